The molecule has 0 atom stereocenters. The van der Waals surface area contributed by atoms with Crippen molar-refractivity contribution in [2.45, 2.75) is 20.8 Å². The second-order valence-electron chi connectivity index (χ2n) is 5.15. The van der Waals surface area contributed by atoms with Crippen LogP contribution in [0, 0.1) is 20.8 Å². The Morgan fingerprint density at radius 3 is 2.40 bits per heavy atom. The van der Waals surface area contributed by atoms with Gasteiger partial charge in [0.25, 0.3) is 0 Å². The van der Waals surface area contributed by atoms with Gasteiger partial charge in [-0.25, -0.2) is 0 Å². The zero-order valence-corrected chi connectivity index (χ0v) is 11.8. The van der Waals surface area contributed by atoms with Gasteiger partial charge in [-0.3, -0.25) is 4.79 Å². The van der Waals surface area contributed by atoms with Crippen LogP contribution in [0.3, 0.4) is 0 Å². The molecule has 0 saturated carbocycles. The molecule has 3 rings (SSSR count). The minimum atomic E-state index is 0.0175. The van der Waals surface area contributed by atoms with Gasteiger partial charge in [-0.05, 0) is 61.7 Å². The van der Waals surface area contributed by atoms with E-state index in [-0.39, 0.29) is 12.6 Å². The van der Waals surface area contributed by atoms with Crippen molar-refractivity contribution in [3.05, 3.63) is 58.1 Å². The van der Waals surface area contributed by atoms with Crippen molar-refractivity contribution in [2.24, 2.45) is 0 Å². The number of rotatable bonds is 2. The third-order valence-corrected chi connectivity index (χ3v) is 3.72. The first-order valence-corrected chi connectivity index (χ1v) is 6.58. The quantitative estimate of drug-likeness (QED) is 0.781. The summed E-state index contributed by atoms with van der Waals surface area (Å²) >= 11 is 0. The fourth-order valence-electron chi connectivity index (χ4n) is 2.40. The average molecular weight is 268 g/mol. The van der Waals surface area contributed by atoms with Crippen molar-refractivity contribution in [1.29, 1.82) is 0 Å². The third kappa shape index (κ3) is 2.05. The molecule has 2 aromatic rings. The van der Waals surface area contributed by atoms with Crippen LogP contribution in [0.5, 0.6) is 11.5 Å². The van der Waals surface area contributed by atoms with E-state index in [9.17, 15) is 4.79 Å². The minimum absolute atomic E-state index is 0.0175. The molecule has 0 amide bonds. The van der Waals surface area contributed by atoms with Crippen LogP contribution in [0.1, 0.15) is 32.6 Å². The van der Waals surface area contributed by atoms with Crippen molar-refractivity contribution in [2.75, 3.05) is 6.79 Å². The molecule has 20 heavy (non-hydrogen) atoms. The van der Waals surface area contributed by atoms with E-state index in [0.717, 1.165) is 16.7 Å². The summed E-state index contributed by atoms with van der Waals surface area (Å²) in [5.41, 5.74) is 4.69. The Kier molecular flexibility index (Phi) is 2.97. The van der Waals surface area contributed by atoms with E-state index >= 15 is 0 Å². The normalized spacial score (nSPS) is 12.6. The molecule has 3 nitrogen and oxygen atoms in total. The van der Waals surface area contributed by atoms with Gasteiger partial charge in [-0.2, -0.15) is 0 Å². The molecule has 102 valence electrons. The van der Waals surface area contributed by atoms with Crippen LogP contribution in [0.2, 0.25) is 0 Å². The molecule has 0 spiro atoms. The molecule has 1 aliphatic heterocycles. The Labute approximate surface area is 118 Å². The number of ether oxygens (including phenoxy) is 2. The molecule has 2 aromatic carbocycles. The van der Waals surface area contributed by atoms with Gasteiger partial charge in [0.1, 0.15) is 0 Å². The zero-order valence-electron chi connectivity index (χ0n) is 11.8. The maximum atomic E-state index is 12.6. The Bertz CT molecular complexity index is 702. The van der Waals surface area contributed by atoms with E-state index in [2.05, 4.69) is 13.0 Å². The van der Waals surface area contributed by atoms with E-state index in [1.54, 1.807) is 18.2 Å². The van der Waals surface area contributed by atoms with E-state index in [4.69, 9.17) is 9.47 Å². The maximum Gasteiger partial charge on any atom is 0.231 e. The van der Waals surface area contributed by atoms with Crippen LogP contribution < -0.4 is 9.47 Å². The van der Waals surface area contributed by atoms with Crippen LogP contribution in [0.15, 0.2) is 30.3 Å². The highest BCUT2D eigenvalue weighted by Crippen LogP contribution is 2.33. The summed E-state index contributed by atoms with van der Waals surface area (Å²) in [4.78, 5) is 12.6. The highest BCUT2D eigenvalue weighted by molar-refractivity contribution is 6.10. The standard InChI is InChI=1S/C17H16O3/c1-10-6-12(3)14(7-11(10)2)17(18)13-4-5-15-16(8-13)20-9-19-15/h4-8H,9H2,1-3H3. The first-order chi connectivity index (χ1) is 9.56. The molecule has 0 saturated heterocycles. The van der Waals surface area contributed by atoms with Gasteiger partial charge in [0.15, 0.2) is 17.3 Å². The van der Waals surface area contributed by atoms with E-state index < -0.39 is 0 Å². The third-order valence-electron chi connectivity index (χ3n) is 3.72. The monoisotopic (exact) mass is 268 g/mol. The zero-order chi connectivity index (χ0) is 14.3. The highest BCUT2D eigenvalue weighted by atomic mass is 16.7. The first-order valence-electron chi connectivity index (χ1n) is 6.58. The number of hydrogen-bond acceptors (Lipinski definition) is 3. The maximum absolute atomic E-state index is 12.6. The number of carbonyl (C=O) groups excluding carboxylic acids is 1. The number of ketones is 1. The predicted octanol–water partition coefficient (Wildman–Crippen LogP) is 3.57. The van der Waals surface area contributed by atoms with Crippen molar-refractivity contribution >= 4 is 5.78 Å². The topological polar surface area (TPSA) is 35.5 Å². The summed E-state index contributed by atoms with van der Waals surface area (Å²) in [6.07, 6.45) is 0. The summed E-state index contributed by atoms with van der Waals surface area (Å²) in [6, 6.07) is 9.32. The molecular formula is C17H16O3. The van der Waals surface area contributed by atoms with Gasteiger partial charge in [0.05, 0.1) is 0 Å². The summed E-state index contributed by atoms with van der Waals surface area (Å²) in [7, 11) is 0. The van der Waals surface area contributed by atoms with Gasteiger partial charge in [0.2, 0.25) is 6.79 Å². The van der Waals surface area contributed by atoms with E-state index in [1.807, 2.05) is 19.9 Å². The van der Waals surface area contributed by atoms with Crippen molar-refractivity contribution in [3.63, 3.8) is 0 Å². The smallest absolute Gasteiger partial charge is 0.231 e. The number of benzene rings is 2. The SMILES string of the molecule is Cc1cc(C)c(C(=O)c2ccc3c(c2)OCO3)cc1C. The van der Waals surface area contributed by atoms with Gasteiger partial charge < -0.3 is 9.47 Å². The van der Waals surface area contributed by atoms with E-state index in [0.29, 0.717) is 17.1 Å². The van der Waals surface area contributed by atoms with Crippen LogP contribution in [0.4, 0.5) is 0 Å². The fourth-order valence-corrected chi connectivity index (χ4v) is 2.40. The molecule has 3 heteroatoms. The van der Waals surface area contributed by atoms with Crippen molar-refractivity contribution in [1.82, 2.24) is 0 Å². The predicted molar refractivity (Wildman–Crippen MR) is 76.7 cm³/mol. The van der Waals surface area contributed by atoms with Gasteiger partial charge >= 0.3 is 0 Å². The van der Waals surface area contributed by atoms with Crippen LogP contribution >= 0.6 is 0 Å². The summed E-state index contributed by atoms with van der Waals surface area (Å²) in [5.74, 6) is 1.35. The minimum Gasteiger partial charge on any atom is -0.454 e. The summed E-state index contributed by atoms with van der Waals surface area (Å²) in [5, 5.41) is 0. The van der Waals surface area contributed by atoms with Crippen molar-refractivity contribution in [3.8, 4) is 11.5 Å². The molecule has 1 aliphatic rings. The molecule has 0 fully saturated rings. The average Bonchev–Trinajstić information content (AvgIpc) is 2.89. The molecule has 0 unspecified atom stereocenters. The van der Waals surface area contributed by atoms with Crippen LogP contribution in [-0.4, -0.2) is 12.6 Å². The fraction of sp³-hybridized carbons (Fsp3) is 0.235. The first kappa shape index (κ1) is 12.7. The molecule has 0 aliphatic carbocycles. The van der Waals surface area contributed by atoms with Crippen molar-refractivity contribution < 1.29 is 14.3 Å². The number of carbonyl (C=O) groups is 1. The molecule has 0 bridgehead atoms. The summed E-state index contributed by atoms with van der Waals surface area (Å²) < 4.78 is 10.6. The number of hydrogen-bond donors (Lipinski definition) is 0. The molecule has 0 aromatic heterocycles. The second-order valence-corrected chi connectivity index (χ2v) is 5.15. The van der Waals surface area contributed by atoms with Crippen LogP contribution in [0.25, 0.3) is 0 Å². The Morgan fingerprint density at radius 1 is 0.900 bits per heavy atom. The lowest BCUT2D eigenvalue weighted by Gasteiger charge is -2.09. The lowest BCUT2D eigenvalue weighted by molar-refractivity contribution is 0.103. The Morgan fingerprint density at radius 2 is 1.60 bits per heavy atom. The lowest BCUT2D eigenvalue weighted by Crippen LogP contribution is -2.05. The summed E-state index contributed by atoms with van der Waals surface area (Å²) in [6.45, 7) is 6.25. The Hall–Kier alpha value is -2.29. The number of aryl methyl sites for hydroxylation is 3. The van der Waals surface area contributed by atoms with Gasteiger partial charge in [0, 0.05) is 11.1 Å². The van der Waals surface area contributed by atoms with Crippen LogP contribution in [-0.2, 0) is 0 Å². The molecule has 0 N–H and O–H groups in total. The molecular weight excluding hydrogens is 252 g/mol. The molecule has 1 heterocycles. The molecule has 0 radical (unpaired) electrons. The van der Waals surface area contributed by atoms with Gasteiger partial charge in [-0.15, -0.1) is 0 Å². The second kappa shape index (κ2) is 4.67. The largest absolute Gasteiger partial charge is 0.454 e. The van der Waals surface area contributed by atoms with Gasteiger partial charge in [-0.1, -0.05) is 6.07 Å². The number of fused-ring (bicyclic) bond motifs is 1. The van der Waals surface area contributed by atoms with E-state index in [1.165, 1.54) is 5.56 Å². The highest BCUT2D eigenvalue weighted by Gasteiger charge is 2.18. The Balaban J connectivity index is 2.03. The lowest BCUT2D eigenvalue weighted by atomic mass is 9.94.